The van der Waals surface area contributed by atoms with Crippen LogP contribution in [0.4, 0.5) is 4.39 Å². The van der Waals surface area contributed by atoms with Gasteiger partial charge in [-0.3, -0.25) is 4.79 Å². The summed E-state index contributed by atoms with van der Waals surface area (Å²) in [5.74, 6) is 0.612. The number of benzene rings is 2. The molecule has 0 aliphatic heterocycles. The van der Waals surface area contributed by atoms with Crippen molar-refractivity contribution in [2.24, 2.45) is 0 Å². The van der Waals surface area contributed by atoms with Gasteiger partial charge in [-0.25, -0.2) is 4.39 Å². The summed E-state index contributed by atoms with van der Waals surface area (Å²) >= 11 is 0. The number of aryl methyl sites for hydroxylation is 3. The molecule has 0 aromatic heterocycles. The van der Waals surface area contributed by atoms with E-state index in [2.05, 4.69) is 53.9 Å². The van der Waals surface area contributed by atoms with Gasteiger partial charge in [0, 0.05) is 18.0 Å². The molecular weight excluding hydrogens is 525 g/mol. The first-order valence-electron chi connectivity index (χ1n) is 15.5. The van der Waals surface area contributed by atoms with Crippen LogP contribution in [0.1, 0.15) is 142 Å². The van der Waals surface area contributed by atoms with E-state index in [1.54, 1.807) is 6.07 Å². The van der Waals surface area contributed by atoms with Gasteiger partial charge in [-0.15, -0.1) is 0 Å². The lowest BCUT2D eigenvalue weighted by molar-refractivity contribution is -0.106. The minimum atomic E-state index is -1.24. The third kappa shape index (κ3) is 30.4. The zero-order valence-corrected chi connectivity index (χ0v) is 28.8. The maximum Gasteiger partial charge on any atom is 0.235 e. The SMILES string of the molecule is C.CC.CC=O.CCC.CCCC(C)(CCC)NC.CCCc1cccc(OC(C)F)c1.Cc1ccc(C=O)cc1C. The predicted octanol–water partition coefficient (Wildman–Crippen LogP) is 11.3. The molecule has 4 nitrogen and oxygen atoms in total. The highest BCUT2D eigenvalue weighted by Crippen LogP contribution is 2.18. The Hall–Kier alpha value is -2.53. The molecule has 1 N–H and O–H groups in total. The van der Waals surface area contributed by atoms with Crippen LogP contribution in [0.5, 0.6) is 5.75 Å². The van der Waals surface area contributed by atoms with Crippen LogP contribution in [0, 0.1) is 13.8 Å². The summed E-state index contributed by atoms with van der Waals surface area (Å²) in [6, 6.07) is 13.3. The molecule has 246 valence electrons. The average Bonchev–Trinajstić information content (AvgIpc) is 2.93. The minimum Gasteiger partial charge on any atom is -0.461 e. The molecule has 0 bridgehead atoms. The molecule has 2 aromatic rings. The van der Waals surface area contributed by atoms with Gasteiger partial charge in [-0.1, -0.05) is 106 Å². The molecule has 5 heteroatoms. The van der Waals surface area contributed by atoms with Crippen molar-refractivity contribution >= 4 is 12.6 Å². The van der Waals surface area contributed by atoms with Gasteiger partial charge in [0.1, 0.15) is 18.3 Å². The fourth-order valence-corrected chi connectivity index (χ4v) is 3.57. The van der Waals surface area contributed by atoms with E-state index in [-0.39, 0.29) is 7.43 Å². The fourth-order valence-electron chi connectivity index (χ4n) is 3.57. The number of hydrogen-bond acceptors (Lipinski definition) is 4. The highest BCUT2D eigenvalue weighted by atomic mass is 19.1. The summed E-state index contributed by atoms with van der Waals surface area (Å²) in [5.41, 5.74) is 4.74. The number of carbonyl (C=O) groups excluding carboxylic acids is 2. The third-order valence-corrected chi connectivity index (χ3v) is 5.61. The topological polar surface area (TPSA) is 55.4 Å². The Kier molecular flexibility index (Phi) is 40.6. The van der Waals surface area contributed by atoms with Gasteiger partial charge in [0.2, 0.25) is 6.36 Å². The van der Waals surface area contributed by atoms with Crippen LogP contribution < -0.4 is 10.1 Å². The first-order valence-corrected chi connectivity index (χ1v) is 15.5. The van der Waals surface area contributed by atoms with Crippen molar-refractivity contribution in [1.82, 2.24) is 5.32 Å². The second-order valence-corrected chi connectivity index (χ2v) is 9.77. The first-order chi connectivity index (χ1) is 19.5. The van der Waals surface area contributed by atoms with E-state index in [0.717, 1.165) is 31.0 Å². The smallest absolute Gasteiger partial charge is 0.235 e. The predicted molar refractivity (Wildman–Crippen MR) is 186 cm³/mol. The van der Waals surface area contributed by atoms with Gasteiger partial charge in [0.25, 0.3) is 0 Å². The van der Waals surface area contributed by atoms with Crippen LogP contribution in [-0.4, -0.2) is 31.5 Å². The van der Waals surface area contributed by atoms with E-state index < -0.39 is 6.36 Å². The Morgan fingerprint density at radius 2 is 1.40 bits per heavy atom. The van der Waals surface area contributed by atoms with E-state index >= 15 is 0 Å². The zero-order chi connectivity index (χ0) is 32.7. The van der Waals surface area contributed by atoms with Gasteiger partial charge in [0.05, 0.1) is 0 Å². The lowest BCUT2D eigenvalue weighted by Crippen LogP contribution is -2.39. The van der Waals surface area contributed by atoms with Gasteiger partial charge < -0.3 is 14.8 Å². The molecule has 0 amide bonds. The van der Waals surface area contributed by atoms with Crippen LogP contribution in [0.15, 0.2) is 42.5 Å². The molecule has 0 spiro atoms. The van der Waals surface area contributed by atoms with Crippen molar-refractivity contribution in [3.63, 3.8) is 0 Å². The summed E-state index contributed by atoms with van der Waals surface area (Å²) in [4.78, 5) is 19.1. The molecule has 2 aromatic carbocycles. The quantitative estimate of drug-likeness (QED) is 0.278. The number of nitrogens with one attached hydrogen (secondary N) is 1. The van der Waals surface area contributed by atoms with Crippen LogP contribution in [0.3, 0.4) is 0 Å². The Labute approximate surface area is 261 Å². The lowest BCUT2D eigenvalue weighted by Gasteiger charge is -2.28. The van der Waals surface area contributed by atoms with Crippen LogP contribution in [0.25, 0.3) is 0 Å². The van der Waals surface area contributed by atoms with E-state index in [4.69, 9.17) is 9.53 Å². The Morgan fingerprint density at radius 1 is 0.905 bits per heavy atom. The normalized spacial score (nSPS) is 9.86. The van der Waals surface area contributed by atoms with Crippen LogP contribution in [-0.2, 0) is 11.2 Å². The number of aldehydes is 2. The average molecular weight is 594 g/mol. The molecule has 0 heterocycles. The standard InChI is InChI=1S/C11H15FO.C9H21N.C9H10O.C3H8.C2H4O.C2H6.CH4/c1-3-5-10-6-4-7-11(8-10)13-9(2)12;1-5-7-9(3,10-4)8-6-2;1-7-3-4-9(6-10)5-8(7)2;1-3-2;1-2-3;1-2;/h4,6-9H,3,5H2,1-2H3;10H,5-8H2,1-4H3;3-6H,1-2H3;3H2,1-2H3;2H,1H3;1-2H3;1H4. The molecule has 42 heavy (non-hydrogen) atoms. The summed E-state index contributed by atoms with van der Waals surface area (Å²) in [7, 11) is 2.06. The highest BCUT2D eigenvalue weighted by Gasteiger charge is 2.18. The lowest BCUT2D eigenvalue weighted by atomic mass is 9.91. The summed E-state index contributed by atoms with van der Waals surface area (Å²) < 4.78 is 17.4. The van der Waals surface area contributed by atoms with Crippen LogP contribution in [0.2, 0.25) is 0 Å². The Balaban J connectivity index is -0.000000144. The van der Waals surface area contributed by atoms with E-state index in [1.165, 1.54) is 62.6 Å². The van der Waals surface area contributed by atoms with Crippen molar-refractivity contribution in [3.8, 4) is 5.75 Å². The summed E-state index contributed by atoms with van der Waals surface area (Å²) in [6.07, 6.45) is 8.86. The molecule has 0 aliphatic rings. The van der Waals surface area contributed by atoms with Crippen molar-refractivity contribution in [3.05, 3.63) is 64.7 Å². The van der Waals surface area contributed by atoms with Crippen molar-refractivity contribution < 1.29 is 18.7 Å². The van der Waals surface area contributed by atoms with Crippen LogP contribution >= 0.6 is 0 Å². The monoisotopic (exact) mass is 594 g/mol. The Bertz CT molecular complexity index is 847. The molecule has 0 fully saturated rings. The summed E-state index contributed by atoms with van der Waals surface area (Å²) in [6.45, 7) is 24.0. The molecule has 0 saturated carbocycles. The Morgan fingerprint density at radius 3 is 1.76 bits per heavy atom. The molecule has 2 rings (SSSR count). The maximum atomic E-state index is 12.5. The zero-order valence-electron chi connectivity index (χ0n) is 28.8. The number of hydrogen-bond donors (Lipinski definition) is 1. The largest absolute Gasteiger partial charge is 0.461 e. The number of rotatable bonds is 10. The van der Waals surface area contributed by atoms with Gasteiger partial charge in [-0.05, 0) is 88.9 Å². The minimum absolute atomic E-state index is 0. The molecule has 1 atom stereocenters. The maximum absolute atomic E-state index is 12.5. The molecular formula is C37H68FNO3. The van der Waals surface area contributed by atoms with Gasteiger partial charge in [-0.2, -0.15) is 0 Å². The highest BCUT2D eigenvalue weighted by molar-refractivity contribution is 5.75. The first kappa shape index (κ1) is 49.2. The second-order valence-electron chi connectivity index (χ2n) is 9.77. The molecule has 0 aliphatic carbocycles. The number of halogens is 1. The van der Waals surface area contributed by atoms with Gasteiger partial charge in [0.15, 0.2) is 0 Å². The van der Waals surface area contributed by atoms with Crippen molar-refractivity contribution in [1.29, 1.82) is 0 Å². The van der Waals surface area contributed by atoms with E-state index in [0.29, 0.717) is 11.3 Å². The second kappa shape index (κ2) is 34.7. The van der Waals surface area contributed by atoms with E-state index in [9.17, 15) is 9.18 Å². The van der Waals surface area contributed by atoms with E-state index in [1.807, 2.05) is 64.1 Å². The summed E-state index contributed by atoms with van der Waals surface area (Å²) in [5, 5.41) is 3.38. The number of ether oxygens (including phenoxy) is 1. The molecule has 0 saturated heterocycles. The fraction of sp³-hybridized carbons (Fsp3) is 0.622. The number of carbonyl (C=O) groups is 2. The van der Waals surface area contributed by atoms with Gasteiger partial charge >= 0.3 is 0 Å². The third-order valence-electron chi connectivity index (χ3n) is 5.61. The molecule has 1 unspecified atom stereocenters. The van der Waals surface area contributed by atoms with Crippen molar-refractivity contribution in [2.45, 2.75) is 147 Å². The van der Waals surface area contributed by atoms with Crippen molar-refractivity contribution in [2.75, 3.05) is 7.05 Å². The number of alkyl halides is 1. The molecule has 0 radical (unpaired) electrons.